The van der Waals surface area contributed by atoms with Crippen LogP contribution < -0.4 is 4.74 Å². The Hall–Kier alpha value is -2.04. The van der Waals surface area contributed by atoms with Crippen LogP contribution in [0.2, 0.25) is 0 Å². The Balaban J connectivity index is 1.42. The first kappa shape index (κ1) is 16.4. The molecule has 0 spiro atoms. The smallest absolute Gasteiger partial charge is 0.227 e. The molecule has 3 aliphatic heterocycles. The maximum absolute atomic E-state index is 12.8. The first-order valence-corrected chi connectivity index (χ1v) is 9.34. The van der Waals surface area contributed by atoms with Crippen molar-refractivity contribution in [2.45, 2.75) is 38.1 Å². The second kappa shape index (κ2) is 6.70. The molecule has 5 heteroatoms. The van der Waals surface area contributed by atoms with E-state index < -0.39 is 0 Å². The van der Waals surface area contributed by atoms with Gasteiger partial charge in [-0.1, -0.05) is 12.1 Å². The fourth-order valence-corrected chi connectivity index (χ4v) is 4.84. The normalized spacial score (nSPS) is 28.5. The van der Waals surface area contributed by atoms with Gasteiger partial charge in [0.25, 0.3) is 0 Å². The van der Waals surface area contributed by atoms with E-state index in [4.69, 9.17) is 4.74 Å². The molecule has 134 valence electrons. The molecule has 4 rings (SSSR count). The van der Waals surface area contributed by atoms with Gasteiger partial charge >= 0.3 is 0 Å². The summed E-state index contributed by atoms with van der Waals surface area (Å²) < 4.78 is 5.17. The van der Waals surface area contributed by atoms with Gasteiger partial charge in [-0.2, -0.15) is 0 Å². The molecule has 1 aromatic rings. The lowest BCUT2D eigenvalue weighted by Crippen LogP contribution is -2.61. The zero-order valence-corrected chi connectivity index (χ0v) is 14.8. The molecule has 25 heavy (non-hydrogen) atoms. The van der Waals surface area contributed by atoms with Gasteiger partial charge in [0, 0.05) is 32.1 Å². The summed E-state index contributed by atoms with van der Waals surface area (Å²) in [6, 6.07) is 8.08. The lowest BCUT2D eigenvalue weighted by Gasteiger charge is -2.52. The third-order valence-corrected chi connectivity index (χ3v) is 6.05. The average Bonchev–Trinajstić information content (AvgIpc) is 2.63. The fourth-order valence-electron chi connectivity index (χ4n) is 4.84. The van der Waals surface area contributed by atoms with Crippen molar-refractivity contribution < 1.29 is 14.3 Å². The number of amides is 2. The summed E-state index contributed by atoms with van der Waals surface area (Å²) in [5.41, 5.74) is 1.02. The van der Waals surface area contributed by atoms with E-state index in [0.717, 1.165) is 43.8 Å². The number of benzene rings is 1. The van der Waals surface area contributed by atoms with Crippen LogP contribution in [0, 0.1) is 11.8 Å². The van der Waals surface area contributed by atoms with E-state index in [1.54, 1.807) is 7.11 Å². The number of fused-ring (bicyclic) bond motifs is 4. The highest BCUT2D eigenvalue weighted by Crippen LogP contribution is 2.38. The highest BCUT2D eigenvalue weighted by Gasteiger charge is 2.44. The van der Waals surface area contributed by atoms with Crippen LogP contribution in [-0.2, 0) is 16.0 Å². The number of hydrogen-bond acceptors (Lipinski definition) is 3. The van der Waals surface area contributed by atoms with Gasteiger partial charge in [0.05, 0.1) is 13.5 Å². The van der Waals surface area contributed by atoms with Crippen molar-refractivity contribution in [2.75, 3.05) is 26.7 Å². The van der Waals surface area contributed by atoms with Crippen LogP contribution in [0.15, 0.2) is 24.3 Å². The van der Waals surface area contributed by atoms with Crippen molar-refractivity contribution >= 4 is 11.8 Å². The molecule has 3 saturated heterocycles. The Morgan fingerprint density at radius 1 is 1.20 bits per heavy atom. The first-order valence-electron chi connectivity index (χ1n) is 9.34. The highest BCUT2D eigenvalue weighted by atomic mass is 16.5. The van der Waals surface area contributed by atoms with Gasteiger partial charge in [-0.3, -0.25) is 9.59 Å². The van der Waals surface area contributed by atoms with Crippen molar-refractivity contribution in [3.8, 4) is 5.75 Å². The molecular weight excluding hydrogens is 316 g/mol. The van der Waals surface area contributed by atoms with Gasteiger partial charge in [0.1, 0.15) is 5.75 Å². The van der Waals surface area contributed by atoms with E-state index in [1.807, 2.05) is 29.2 Å². The zero-order chi connectivity index (χ0) is 17.4. The molecule has 2 bridgehead atoms. The van der Waals surface area contributed by atoms with E-state index in [9.17, 15) is 9.59 Å². The van der Waals surface area contributed by atoms with Crippen LogP contribution in [0.5, 0.6) is 5.75 Å². The molecule has 1 aromatic carbocycles. The van der Waals surface area contributed by atoms with Crippen molar-refractivity contribution in [1.29, 1.82) is 0 Å². The molecule has 0 radical (unpaired) electrons. The van der Waals surface area contributed by atoms with E-state index in [2.05, 4.69) is 4.90 Å². The number of methoxy groups -OCH3 is 1. The summed E-state index contributed by atoms with van der Waals surface area (Å²) in [6.07, 6.45) is 4.41. The first-order chi connectivity index (χ1) is 12.1. The molecule has 0 N–H and O–H groups in total. The van der Waals surface area contributed by atoms with E-state index in [1.165, 1.54) is 6.42 Å². The van der Waals surface area contributed by atoms with Gasteiger partial charge in [0.15, 0.2) is 0 Å². The molecule has 0 saturated carbocycles. The van der Waals surface area contributed by atoms with Crippen molar-refractivity contribution in [3.05, 3.63) is 29.8 Å². The van der Waals surface area contributed by atoms with Gasteiger partial charge in [-0.05, 0) is 48.8 Å². The fraction of sp³-hybridized carbons (Fsp3) is 0.600. The van der Waals surface area contributed by atoms with Crippen LogP contribution in [0.3, 0.4) is 0 Å². The SMILES string of the molecule is COc1ccc(CC(=O)N2C[C@H]3C[C@@H](C2)C2CCCC(=O)N2C3)cc1. The predicted molar refractivity (Wildman–Crippen MR) is 94.2 cm³/mol. The molecule has 3 fully saturated rings. The molecule has 0 aromatic heterocycles. The molecule has 3 heterocycles. The zero-order valence-electron chi connectivity index (χ0n) is 14.8. The monoisotopic (exact) mass is 342 g/mol. The molecule has 5 nitrogen and oxygen atoms in total. The van der Waals surface area contributed by atoms with Gasteiger partial charge in [-0.25, -0.2) is 0 Å². The molecule has 1 unspecified atom stereocenters. The van der Waals surface area contributed by atoms with Gasteiger partial charge in [0.2, 0.25) is 11.8 Å². The summed E-state index contributed by atoms with van der Waals surface area (Å²) in [5.74, 6) is 2.23. The number of likely N-dealkylation sites (tertiary alicyclic amines) is 1. The third-order valence-electron chi connectivity index (χ3n) is 6.05. The minimum absolute atomic E-state index is 0.204. The van der Waals surface area contributed by atoms with Gasteiger partial charge < -0.3 is 14.5 Å². The maximum atomic E-state index is 12.8. The molecule has 3 aliphatic rings. The predicted octanol–water partition coefficient (Wildman–Crippen LogP) is 2.10. The van der Waals surface area contributed by atoms with Crippen molar-refractivity contribution in [2.24, 2.45) is 11.8 Å². The van der Waals surface area contributed by atoms with Crippen LogP contribution >= 0.6 is 0 Å². The van der Waals surface area contributed by atoms with Crippen LogP contribution in [0.25, 0.3) is 0 Å². The third kappa shape index (κ3) is 3.24. The van der Waals surface area contributed by atoms with Crippen molar-refractivity contribution in [1.82, 2.24) is 9.80 Å². The Labute approximate surface area is 148 Å². The second-order valence-electron chi connectivity index (χ2n) is 7.69. The van der Waals surface area contributed by atoms with Crippen LogP contribution in [0.4, 0.5) is 0 Å². The Kier molecular flexibility index (Phi) is 4.40. The maximum Gasteiger partial charge on any atom is 0.227 e. The Morgan fingerprint density at radius 2 is 2.00 bits per heavy atom. The Morgan fingerprint density at radius 3 is 2.76 bits per heavy atom. The van der Waals surface area contributed by atoms with Crippen LogP contribution in [-0.4, -0.2) is 54.4 Å². The number of carbonyl (C=O) groups excluding carboxylic acids is 2. The van der Waals surface area contributed by atoms with Crippen molar-refractivity contribution in [3.63, 3.8) is 0 Å². The summed E-state index contributed by atoms with van der Waals surface area (Å²) in [6.45, 7) is 2.44. The number of rotatable bonds is 3. The number of carbonyl (C=O) groups is 2. The van der Waals surface area contributed by atoms with Gasteiger partial charge in [-0.15, -0.1) is 0 Å². The number of piperidine rings is 3. The topological polar surface area (TPSA) is 49.9 Å². The summed E-state index contributed by atoms with van der Waals surface area (Å²) in [7, 11) is 1.64. The number of nitrogens with zero attached hydrogens (tertiary/aromatic N) is 2. The summed E-state index contributed by atoms with van der Waals surface area (Å²) in [5, 5.41) is 0. The second-order valence-corrected chi connectivity index (χ2v) is 7.69. The van der Waals surface area contributed by atoms with Crippen LogP contribution in [0.1, 0.15) is 31.2 Å². The molecule has 2 amide bonds. The summed E-state index contributed by atoms with van der Waals surface area (Å²) >= 11 is 0. The summed E-state index contributed by atoms with van der Waals surface area (Å²) in [4.78, 5) is 29.2. The van der Waals surface area contributed by atoms with E-state index in [0.29, 0.717) is 36.6 Å². The lowest BCUT2D eigenvalue weighted by molar-refractivity contribution is -0.148. The molecule has 0 aliphatic carbocycles. The standard InChI is InChI=1S/C20H26N2O3/c1-25-17-7-5-14(6-8-17)10-20(24)21-11-15-9-16(13-21)18-3-2-4-19(23)22(18)12-15/h5-8,15-16,18H,2-4,9-13H2,1H3/t15-,16+,18?/m1/s1. The quantitative estimate of drug-likeness (QED) is 0.845. The molecule has 3 atom stereocenters. The molecular formula is C20H26N2O3. The number of ether oxygens (including phenoxy) is 1. The average molecular weight is 342 g/mol. The van der Waals surface area contributed by atoms with E-state index in [-0.39, 0.29) is 5.91 Å². The minimum Gasteiger partial charge on any atom is -0.497 e. The largest absolute Gasteiger partial charge is 0.497 e. The lowest BCUT2D eigenvalue weighted by atomic mass is 9.76. The highest BCUT2D eigenvalue weighted by molar-refractivity contribution is 5.79. The minimum atomic E-state index is 0.204. The Bertz CT molecular complexity index is 657. The number of hydrogen-bond donors (Lipinski definition) is 0. The van der Waals surface area contributed by atoms with E-state index >= 15 is 0 Å².